The monoisotopic (exact) mass is 455 g/mol. The van der Waals surface area contributed by atoms with Crippen molar-refractivity contribution in [3.8, 4) is 0 Å². The molecule has 2 aromatic rings. The van der Waals surface area contributed by atoms with Crippen molar-refractivity contribution in [2.24, 2.45) is 0 Å². The molecule has 0 aliphatic heterocycles. The maximum Gasteiger partial charge on any atom is 0.0648 e. The van der Waals surface area contributed by atoms with Gasteiger partial charge in [0.15, 0.2) is 0 Å². The van der Waals surface area contributed by atoms with Gasteiger partial charge >= 0.3 is 0 Å². The number of nitrogens with one attached hydrogen (secondary N) is 1. The Balaban J connectivity index is 2.09. The smallest absolute Gasteiger partial charge is 0.0648 e. The van der Waals surface area contributed by atoms with Crippen molar-refractivity contribution in [3.63, 3.8) is 0 Å². The number of rotatable bonds is 3. The van der Waals surface area contributed by atoms with Crippen LogP contribution in [0.25, 0.3) is 0 Å². The third-order valence-corrected chi connectivity index (χ3v) is 4.61. The molecular formula is C13H9BrCl2IN. The first-order valence-electron chi connectivity index (χ1n) is 5.19. The van der Waals surface area contributed by atoms with Crippen LogP contribution in [-0.4, -0.2) is 0 Å². The van der Waals surface area contributed by atoms with E-state index in [4.69, 9.17) is 23.2 Å². The third-order valence-electron chi connectivity index (χ3n) is 2.40. The standard InChI is InChI=1S/C13H9BrCl2IN/c14-10-3-1-8(5-11(10)15)7-18-13-4-2-9(17)6-12(13)16/h1-6,18H,7H2. The highest BCUT2D eigenvalue weighted by molar-refractivity contribution is 14.1. The molecule has 0 heterocycles. The van der Waals surface area contributed by atoms with Crippen molar-refractivity contribution in [1.29, 1.82) is 0 Å². The summed E-state index contributed by atoms with van der Waals surface area (Å²) in [4.78, 5) is 0. The van der Waals surface area contributed by atoms with Crippen LogP contribution in [0.2, 0.25) is 10.0 Å². The second kappa shape index (κ2) is 6.46. The quantitative estimate of drug-likeness (QED) is 0.561. The number of hydrogen-bond donors (Lipinski definition) is 1. The summed E-state index contributed by atoms with van der Waals surface area (Å²) in [6, 6.07) is 11.8. The molecule has 94 valence electrons. The summed E-state index contributed by atoms with van der Waals surface area (Å²) in [6.45, 7) is 0.688. The van der Waals surface area contributed by atoms with Gasteiger partial charge in [-0.2, -0.15) is 0 Å². The van der Waals surface area contributed by atoms with Crippen molar-refractivity contribution < 1.29 is 0 Å². The van der Waals surface area contributed by atoms with Gasteiger partial charge in [-0.05, 0) is 74.4 Å². The maximum atomic E-state index is 6.15. The van der Waals surface area contributed by atoms with Gasteiger partial charge in [-0.25, -0.2) is 0 Å². The van der Waals surface area contributed by atoms with E-state index in [1.165, 1.54) is 0 Å². The first-order valence-corrected chi connectivity index (χ1v) is 7.82. The molecule has 2 rings (SSSR count). The summed E-state index contributed by atoms with van der Waals surface area (Å²) >= 11 is 17.8. The number of benzene rings is 2. The molecule has 0 saturated heterocycles. The molecule has 1 N–H and O–H groups in total. The molecule has 0 bridgehead atoms. The van der Waals surface area contributed by atoms with Gasteiger partial charge in [0.05, 0.1) is 15.7 Å². The zero-order valence-corrected chi connectivity index (χ0v) is 14.4. The lowest BCUT2D eigenvalue weighted by molar-refractivity contribution is 1.15. The van der Waals surface area contributed by atoms with E-state index in [0.29, 0.717) is 11.6 Å². The van der Waals surface area contributed by atoms with Gasteiger partial charge in [0.25, 0.3) is 0 Å². The van der Waals surface area contributed by atoms with Gasteiger partial charge in [-0.15, -0.1) is 0 Å². The van der Waals surface area contributed by atoms with E-state index in [1.54, 1.807) is 0 Å². The van der Waals surface area contributed by atoms with Crippen LogP contribution in [0.5, 0.6) is 0 Å². The highest BCUT2D eigenvalue weighted by atomic mass is 127. The van der Waals surface area contributed by atoms with Crippen LogP contribution in [0.4, 0.5) is 5.69 Å². The normalized spacial score (nSPS) is 10.4. The van der Waals surface area contributed by atoms with Gasteiger partial charge in [0.1, 0.15) is 0 Å². The molecular weight excluding hydrogens is 448 g/mol. The van der Waals surface area contributed by atoms with Crippen molar-refractivity contribution >= 4 is 67.4 Å². The average molecular weight is 457 g/mol. The predicted molar refractivity (Wildman–Crippen MR) is 90.6 cm³/mol. The van der Waals surface area contributed by atoms with Crippen LogP contribution in [0.1, 0.15) is 5.56 Å². The maximum absolute atomic E-state index is 6.15. The molecule has 18 heavy (non-hydrogen) atoms. The minimum Gasteiger partial charge on any atom is -0.380 e. The van der Waals surface area contributed by atoms with E-state index in [9.17, 15) is 0 Å². The molecule has 0 aliphatic rings. The molecule has 0 saturated carbocycles. The molecule has 0 atom stereocenters. The molecule has 0 radical (unpaired) electrons. The molecule has 0 aliphatic carbocycles. The zero-order chi connectivity index (χ0) is 13.1. The Morgan fingerprint density at radius 3 is 2.50 bits per heavy atom. The SMILES string of the molecule is Clc1cc(CNc2ccc(I)cc2Cl)ccc1Br. The Morgan fingerprint density at radius 1 is 1.06 bits per heavy atom. The van der Waals surface area contributed by atoms with E-state index in [0.717, 1.165) is 24.3 Å². The van der Waals surface area contributed by atoms with Crippen LogP contribution in [-0.2, 0) is 6.54 Å². The first kappa shape index (κ1) is 14.4. The van der Waals surface area contributed by atoms with Gasteiger partial charge in [0, 0.05) is 14.6 Å². The zero-order valence-electron chi connectivity index (χ0n) is 9.18. The fraction of sp³-hybridized carbons (Fsp3) is 0.0769. The minimum absolute atomic E-state index is 0.688. The largest absolute Gasteiger partial charge is 0.380 e. The van der Waals surface area contributed by atoms with Gasteiger partial charge in [-0.1, -0.05) is 29.3 Å². The number of hydrogen-bond acceptors (Lipinski definition) is 1. The van der Waals surface area contributed by atoms with Crippen molar-refractivity contribution in [1.82, 2.24) is 0 Å². The summed E-state index contributed by atoms with van der Waals surface area (Å²) < 4.78 is 2.02. The third kappa shape index (κ3) is 3.76. The van der Waals surface area contributed by atoms with Crippen molar-refractivity contribution in [2.75, 3.05) is 5.32 Å². The minimum atomic E-state index is 0.688. The summed E-state index contributed by atoms with van der Waals surface area (Å²) in [5.74, 6) is 0. The Kier molecular flexibility index (Phi) is 5.18. The topological polar surface area (TPSA) is 12.0 Å². The lowest BCUT2D eigenvalue weighted by atomic mass is 10.2. The van der Waals surface area contributed by atoms with Crippen LogP contribution in [0.3, 0.4) is 0 Å². The predicted octanol–water partition coefficient (Wildman–Crippen LogP) is 5.97. The van der Waals surface area contributed by atoms with Gasteiger partial charge in [-0.3, -0.25) is 0 Å². The lowest BCUT2D eigenvalue weighted by Crippen LogP contribution is -2.00. The fourth-order valence-electron chi connectivity index (χ4n) is 1.48. The molecule has 5 heteroatoms. The highest BCUT2D eigenvalue weighted by Gasteiger charge is 2.02. The van der Waals surface area contributed by atoms with Crippen LogP contribution < -0.4 is 5.32 Å². The van der Waals surface area contributed by atoms with E-state index >= 15 is 0 Å². The Morgan fingerprint density at radius 2 is 1.83 bits per heavy atom. The Bertz CT molecular complexity index is 575. The second-order valence-corrected chi connectivity index (χ2v) is 6.64. The molecule has 0 aromatic heterocycles. The van der Waals surface area contributed by atoms with Gasteiger partial charge in [0.2, 0.25) is 0 Å². The summed E-state index contributed by atoms with van der Waals surface area (Å²) in [6.07, 6.45) is 0. The number of halogens is 4. The van der Waals surface area contributed by atoms with E-state index in [-0.39, 0.29) is 0 Å². The van der Waals surface area contributed by atoms with E-state index < -0.39 is 0 Å². The van der Waals surface area contributed by atoms with Crippen LogP contribution in [0, 0.1) is 3.57 Å². The first-order chi connectivity index (χ1) is 8.56. The fourth-order valence-corrected chi connectivity index (χ4v) is 2.85. The van der Waals surface area contributed by atoms with Gasteiger partial charge < -0.3 is 5.32 Å². The molecule has 0 spiro atoms. The lowest BCUT2D eigenvalue weighted by Gasteiger charge is -2.09. The van der Waals surface area contributed by atoms with Crippen molar-refractivity contribution in [2.45, 2.75) is 6.54 Å². The van der Waals surface area contributed by atoms with Crippen LogP contribution in [0.15, 0.2) is 40.9 Å². The Hall–Kier alpha value is 0.0300. The van der Waals surface area contributed by atoms with E-state index in [2.05, 4.69) is 43.8 Å². The Labute approximate surface area is 138 Å². The van der Waals surface area contributed by atoms with E-state index in [1.807, 2.05) is 36.4 Å². The molecule has 0 fully saturated rings. The summed E-state index contributed by atoms with van der Waals surface area (Å²) in [7, 11) is 0. The summed E-state index contributed by atoms with van der Waals surface area (Å²) in [5, 5.41) is 4.73. The highest BCUT2D eigenvalue weighted by Crippen LogP contribution is 2.26. The number of anilines is 1. The molecule has 0 amide bonds. The summed E-state index contributed by atoms with van der Waals surface area (Å²) in [5.41, 5.74) is 2.04. The average Bonchev–Trinajstić information content (AvgIpc) is 2.32. The molecule has 1 nitrogen and oxygen atoms in total. The van der Waals surface area contributed by atoms with Crippen molar-refractivity contribution in [3.05, 3.63) is 60.0 Å². The second-order valence-electron chi connectivity index (χ2n) is 3.73. The molecule has 2 aromatic carbocycles. The molecule has 0 unspecified atom stereocenters. The van der Waals surface area contributed by atoms with Crippen LogP contribution >= 0.6 is 61.7 Å².